The van der Waals surface area contributed by atoms with Crippen molar-refractivity contribution in [2.24, 2.45) is 5.84 Å². The molecule has 3 nitrogen and oxygen atoms in total. The van der Waals surface area contributed by atoms with Crippen molar-refractivity contribution >= 4 is 27.3 Å². The number of ether oxygens (including phenoxy) is 1. The normalized spacial score (nSPS) is 20.4. The van der Waals surface area contributed by atoms with Gasteiger partial charge in [-0.05, 0) is 47.8 Å². The topological polar surface area (TPSA) is 47.3 Å². The van der Waals surface area contributed by atoms with Gasteiger partial charge in [-0.3, -0.25) is 11.3 Å². The van der Waals surface area contributed by atoms with E-state index in [1.165, 1.54) is 27.9 Å². The van der Waals surface area contributed by atoms with Gasteiger partial charge in [-0.15, -0.1) is 11.3 Å². The molecule has 1 aromatic heterocycles. The predicted molar refractivity (Wildman–Crippen MR) is 84.3 cm³/mol. The SMILES string of the molecule is CCOC1(C(Cc2ccc(Br)s2)NN)CCCCC1. The third kappa shape index (κ3) is 3.79. The van der Waals surface area contributed by atoms with Gasteiger partial charge in [0, 0.05) is 17.9 Å². The van der Waals surface area contributed by atoms with E-state index in [9.17, 15) is 0 Å². The highest BCUT2D eigenvalue weighted by Gasteiger charge is 2.40. The summed E-state index contributed by atoms with van der Waals surface area (Å²) in [6.07, 6.45) is 6.96. The first-order valence-electron chi connectivity index (χ1n) is 7.04. The fourth-order valence-corrected chi connectivity index (χ4v) is 4.62. The van der Waals surface area contributed by atoms with Crippen LogP contribution in [0.15, 0.2) is 15.9 Å². The maximum atomic E-state index is 6.15. The van der Waals surface area contributed by atoms with Crippen molar-refractivity contribution < 1.29 is 4.74 Å². The largest absolute Gasteiger partial charge is 0.374 e. The molecule has 1 unspecified atom stereocenters. The summed E-state index contributed by atoms with van der Waals surface area (Å²) in [6.45, 7) is 2.83. The molecule has 1 fully saturated rings. The van der Waals surface area contributed by atoms with Gasteiger partial charge in [0.15, 0.2) is 0 Å². The average Bonchev–Trinajstić information content (AvgIpc) is 2.83. The molecule has 0 amide bonds. The lowest BCUT2D eigenvalue weighted by Crippen LogP contribution is -2.56. The van der Waals surface area contributed by atoms with E-state index in [2.05, 4.69) is 40.4 Å². The minimum absolute atomic E-state index is 0.0851. The molecule has 1 aromatic rings. The van der Waals surface area contributed by atoms with E-state index >= 15 is 0 Å². The Kier molecular flexibility index (Phi) is 5.84. The lowest BCUT2D eigenvalue weighted by molar-refractivity contribution is -0.0896. The van der Waals surface area contributed by atoms with E-state index in [0.29, 0.717) is 0 Å². The van der Waals surface area contributed by atoms with Crippen molar-refractivity contribution in [2.75, 3.05) is 6.61 Å². The molecule has 1 aliphatic carbocycles. The molecule has 0 spiro atoms. The van der Waals surface area contributed by atoms with Gasteiger partial charge in [-0.25, -0.2) is 0 Å². The molecule has 0 aromatic carbocycles. The molecule has 1 heterocycles. The third-order valence-electron chi connectivity index (χ3n) is 4.00. The number of hydrogen-bond donors (Lipinski definition) is 2. The first-order valence-corrected chi connectivity index (χ1v) is 8.65. The monoisotopic (exact) mass is 346 g/mol. The molecule has 19 heavy (non-hydrogen) atoms. The van der Waals surface area contributed by atoms with Crippen LogP contribution in [0.1, 0.15) is 43.9 Å². The van der Waals surface area contributed by atoms with Crippen LogP contribution >= 0.6 is 27.3 Å². The summed E-state index contributed by atoms with van der Waals surface area (Å²) in [7, 11) is 0. The minimum Gasteiger partial charge on any atom is -0.374 e. The molecule has 0 radical (unpaired) electrons. The smallest absolute Gasteiger partial charge is 0.0851 e. The molecule has 2 rings (SSSR count). The second-order valence-corrected chi connectivity index (χ2v) is 7.74. The summed E-state index contributed by atoms with van der Waals surface area (Å²) in [5.41, 5.74) is 2.94. The van der Waals surface area contributed by atoms with Gasteiger partial charge in [0.05, 0.1) is 15.4 Å². The highest BCUT2D eigenvalue weighted by molar-refractivity contribution is 9.11. The maximum absolute atomic E-state index is 6.15. The quantitative estimate of drug-likeness (QED) is 0.610. The number of thiophene rings is 1. The zero-order valence-corrected chi connectivity index (χ0v) is 13.9. The van der Waals surface area contributed by atoms with Crippen LogP contribution in [0.2, 0.25) is 0 Å². The molecular formula is C14H23BrN2OS. The van der Waals surface area contributed by atoms with Crippen molar-refractivity contribution in [3.8, 4) is 0 Å². The molecule has 3 N–H and O–H groups in total. The van der Waals surface area contributed by atoms with E-state index in [-0.39, 0.29) is 11.6 Å². The van der Waals surface area contributed by atoms with E-state index in [1.807, 2.05) is 0 Å². The summed E-state index contributed by atoms with van der Waals surface area (Å²) in [5.74, 6) is 5.84. The van der Waals surface area contributed by atoms with Crippen molar-refractivity contribution in [2.45, 2.75) is 57.1 Å². The number of nitrogens with one attached hydrogen (secondary N) is 1. The minimum atomic E-state index is -0.0851. The second-order valence-electron chi connectivity index (χ2n) is 5.19. The molecule has 1 saturated carbocycles. The molecule has 5 heteroatoms. The average molecular weight is 347 g/mol. The lowest BCUT2D eigenvalue weighted by Gasteiger charge is -2.43. The fraction of sp³-hybridized carbons (Fsp3) is 0.714. The number of rotatable bonds is 6. The Labute approximate surface area is 128 Å². The van der Waals surface area contributed by atoms with Gasteiger partial charge >= 0.3 is 0 Å². The van der Waals surface area contributed by atoms with Crippen LogP contribution < -0.4 is 11.3 Å². The van der Waals surface area contributed by atoms with Crippen molar-refractivity contribution in [3.05, 3.63) is 20.8 Å². The number of hydrazine groups is 1. The van der Waals surface area contributed by atoms with Crippen molar-refractivity contribution in [1.29, 1.82) is 0 Å². The predicted octanol–water partition coefficient (Wildman–Crippen LogP) is 3.62. The van der Waals surface area contributed by atoms with Crippen LogP contribution in [0.3, 0.4) is 0 Å². The molecule has 0 bridgehead atoms. The van der Waals surface area contributed by atoms with Crippen LogP contribution in [0, 0.1) is 0 Å². The first kappa shape index (κ1) is 15.4. The Hall–Kier alpha value is 0.0600. The van der Waals surface area contributed by atoms with Crippen LogP contribution in [0.25, 0.3) is 0 Å². The molecule has 1 atom stereocenters. The first-order chi connectivity index (χ1) is 9.20. The van der Waals surface area contributed by atoms with Gasteiger partial charge in [0.1, 0.15) is 0 Å². The maximum Gasteiger partial charge on any atom is 0.0851 e. The van der Waals surface area contributed by atoms with Gasteiger partial charge in [0.25, 0.3) is 0 Å². The molecular weight excluding hydrogens is 324 g/mol. The molecule has 0 saturated heterocycles. The number of nitrogens with two attached hydrogens (primary N) is 1. The fourth-order valence-electron chi connectivity index (χ4n) is 3.09. The Morgan fingerprint density at radius 2 is 2.16 bits per heavy atom. The lowest BCUT2D eigenvalue weighted by atomic mass is 9.78. The summed E-state index contributed by atoms with van der Waals surface area (Å²) in [4.78, 5) is 1.35. The van der Waals surface area contributed by atoms with E-state index in [4.69, 9.17) is 10.6 Å². The number of halogens is 1. The zero-order chi connectivity index (χ0) is 13.7. The highest BCUT2D eigenvalue weighted by Crippen LogP contribution is 2.36. The summed E-state index contributed by atoms with van der Waals surface area (Å²) >= 11 is 5.30. The van der Waals surface area contributed by atoms with Gasteiger partial charge in [-0.1, -0.05) is 19.3 Å². The van der Waals surface area contributed by atoms with Gasteiger partial charge in [0.2, 0.25) is 0 Å². The summed E-state index contributed by atoms with van der Waals surface area (Å²) in [6, 6.07) is 4.46. The summed E-state index contributed by atoms with van der Waals surface area (Å²) < 4.78 is 7.33. The van der Waals surface area contributed by atoms with Crippen molar-refractivity contribution in [3.63, 3.8) is 0 Å². The van der Waals surface area contributed by atoms with Crippen molar-refractivity contribution in [1.82, 2.24) is 5.43 Å². The van der Waals surface area contributed by atoms with Crippen LogP contribution in [-0.2, 0) is 11.2 Å². The van der Waals surface area contributed by atoms with Gasteiger partial charge in [-0.2, -0.15) is 0 Å². The van der Waals surface area contributed by atoms with E-state index < -0.39 is 0 Å². The molecule has 0 aliphatic heterocycles. The van der Waals surface area contributed by atoms with Crippen LogP contribution in [-0.4, -0.2) is 18.2 Å². The molecule has 108 valence electrons. The third-order valence-corrected chi connectivity index (χ3v) is 5.65. The Bertz CT molecular complexity index is 385. The Balaban J connectivity index is 2.12. The van der Waals surface area contributed by atoms with Crippen LogP contribution in [0.4, 0.5) is 0 Å². The van der Waals surface area contributed by atoms with Gasteiger partial charge < -0.3 is 4.74 Å². The second kappa shape index (κ2) is 7.18. The summed E-state index contributed by atoms with van der Waals surface area (Å²) in [5, 5.41) is 0. The van der Waals surface area contributed by atoms with Crippen LogP contribution in [0.5, 0.6) is 0 Å². The standard InChI is InChI=1S/C14H23BrN2OS/c1-2-18-14(8-4-3-5-9-14)12(17-16)10-11-6-7-13(15)19-11/h6-7,12,17H,2-5,8-10,16H2,1H3. The number of hydrogen-bond acceptors (Lipinski definition) is 4. The van der Waals surface area contributed by atoms with E-state index in [0.717, 1.165) is 25.9 Å². The highest BCUT2D eigenvalue weighted by atomic mass is 79.9. The molecule has 1 aliphatic rings. The zero-order valence-electron chi connectivity index (χ0n) is 11.5. The van der Waals surface area contributed by atoms with E-state index in [1.54, 1.807) is 11.3 Å². The Morgan fingerprint density at radius 3 is 2.68 bits per heavy atom. The Morgan fingerprint density at radius 1 is 1.42 bits per heavy atom.